The van der Waals surface area contributed by atoms with Crippen LogP contribution in [0.3, 0.4) is 0 Å². The van der Waals surface area contributed by atoms with Crippen LogP contribution in [0.5, 0.6) is 5.75 Å². The number of hydrogen-bond donors (Lipinski definition) is 1. The second-order valence-electron chi connectivity index (χ2n) is 10.9. The summed E-state index contributed by atoms with van der Waals surface area (Å²) in [7, 11) is 0. The molecule has 6 nitrogen and oxygen atoms in total. The molecule has 2 bridgehead atoms. The molecule has 3 fully saturated rings. The lowest BCUT2D eigenvalue weighted by Gasteiger charge is -2.54. The number of piperidine rings is 3. The first-order chi connectivity index (χ1) is 16.4. The minimum atomic E-state index is -0.475. The van der Waals surface area contributed by atoms with Crippen molar-refractivity contribution in [1.82, 2.24) is 9.80 Å². The van der Waals surface area contributed by atoms with Gasteiger partial charge in [-0.25, -0.2) is 4.79 Å². The molecule has 0 unspecified atom stereocenters. The van der Waals surface area contributed by atoms with E-state index in [0.717, 1.165) is 36.9 Å². The molecule has 3 aliphatic heterocycles. The van der Waals surface area contributed by atoms with E-state index < -0.39 is 5.63 Å². The van der Waals surface area contributed by atoms with Crippen LogP contribution in [-0.4, -0.2) is 52.5 Å². The number of aryl methyl sites for hydroxylation is 2. The Labute approximate surface area is 200 Å². The molecule has 4 heterocycles. The largest absolute Gasteiger partial charge is 0.508 e. The van der Waals surface area contributed by atoms with Crippen LogP contribution in [0.2, 0.25) is 0 Å². The quantitative estimate of drug-likeness (QED) is 0.538. The maximum atomic E-state index is 13.7. The summed E-state index contributed by atoms with van der Waals surface area (Å²) in [5.41, 5.74) is 3.14. The molecular weight excluding hydrogens is 428 g/mol. The van der Waals surface area contributed by atoms with Gasteiger partial charge < -0.3 is 14.4 Å². The summed E-state index contributed by atoms with van der Waals surface area (Å²) in [6, 6.07) is 4.25. The van der Waals surface area contributed by atoms with Gasteiger partial charge in [-0.05, 0) is 82.0 Å². The Morgan fingerprint density at radius 1 is 1.15 bits per heavy atom. The summed E-state index contributed by atoms with van der Waals surface area (Å²) < 4.78 is 5.60. The third-order valence-corrected chi connectivity index (χ3v) is 8.98. The van der Waals surface area contributed by atoms with Gasteiger partial charge in [-0.1, -0.05) is 18.1 Å². The standard InChI is InChI=1S/C28H34N2O4/c1-16-21-8-9-24(31)17(2)27(21)34-28(33)22(16)14-25(32)30-11-5-6-18-12-19-13-20(26(18)30)15-29-10-4-3-7-23(19)29/h8-9,12,19-20,23,26,31H,3-7,10-11,13-15H2,1-2H3/t19-,20-,23-,26-/m1/s1. The second-order valence-corrected chi connectivity index (χ2v) is 10.9. The number of fused-ring (bicyclic) bond motifs is 7. The van der Waals surface area contributed by atoms with E-state index in [9.17, 15) is 14.7 Å². The number of aromatic hydroxyl groups is 1. The van der Waals surface area contributed by atoms with Gasteiger partial charge in [-0.2, -0.15) is 0 Å². The number of carbonyl (C=O) groups excluding carboxylic acids is 1. The summed E-state index contributed by atoms with van der Waals surface area (Å²) in [5, 5.41) is 10.8. The lowest BCUT2D eigenvalue weighted by molar-refractivity contribution is -0.135. The third-order valence-electron chi connectivity index (χ3n) is 8.98. The van der Waals surface area contributed by atoms with E-state index in [1.165, 1.54) is 37.8 Å². The normalized spacial score (nSPS) is 28.9. The first-order valence-electron chi connectivity index (χ1n) is 12.9. The monoisotopic (exact) mass is 462 g/mol. The third kappa shape index (κ3) is 3.41. The SMILES string of the molecule is Cc1c(CC(=O)N2CCCC3=C[C@@H]4C[C@H](CN5CCCC[C@H]45)[C@@H]32)c(=O)oc2c(C)c(O)ccc12. The van der Waals surface area contributed by atoms with Crippen molar-refractivity contribution >= 4 is 16.9 Å². The number of amides is 1. The maximum Gasteiger partial charge on any atom is 0.340 e. The van der Waals surface area contributed by atoms with Crippen molar-refractivity contribution in [2.75, 3.05) is 19.6 Å². The van der Waals surface area contributed by atoms with Crippen LogP contribution in [-0.2, 0) is 11.2 Å². The summed E-state index contributed by atoms with van der Waals surface area (Å²) in [5.74, 6) is 1.25. The molecule has 1 amide bonds. The number of phenolic OH excluding ortho intramolecular Hbond substituents is 1. The molecule has 0 radical (unpaired) electrons. The highest BCUT2D eigenvalue weighted by Gasteiger charge is 2.46. The molecule has 1 N–H and O–H groups in total. The Morgan fingerprint density at radius 3 is 2.85 bits per heavy atom. The predicted octanol–water partition coefficient (Wildman–Crippen LogP) is 4.08. The van der Waals surface area contributed by atoms with Gasteiger partial charge in [0.25, 0.3) is 0 Å². The number of phenols is 1. The van der Waals surface area contributed by atoms with Crippen LogP contribution in [0.25, 0.3) is 11.0 Å². The van der Waals surface area contributed by atoms with Crippen molar-refractivity contribution in [3.8, 4) is 5.75 Å². The predicted molar refractivity (Wildman–Crippen MR) is 131 cm³/mol. The zero-order valence-corrected chi connectivity index (χ0v) is 20.2. The van der Waals surface area contributed by atoms with E-state index in [4.69, 9.17) is 4.42 Å². The molecule has 3 saturated heterocycles. The molecular formula is C28H34N2O4. The van der Waals surface area contributed by atoms with E-state index in [1.54, 1.807) is 19.1 Å². The Hall–Kier alpha value is -2.60. The fourth-order valence-corrected chi connectivity index (χ4v) is 7.29. The topological polar surface area (TPSA) is 74.0 Å². The number of rotatable bonds is 2. The number of likely N-dealkylation sites (tertiary alicyclic amines) is 1. The minimum absolute atomic E-state index is 0.0278. The van der Waals surface area contributed by atoms with E-state index in [1.807, 2.05) is 6.92 Å². The molecule has 4 aliphatic rings. The average Bonchev–Trinajstić information content (AvgIpc) is 2.84. The van der Waals surface area contributed by atoms with Gasteiger partial charge in [0.1, 0.15) is 11.3 Å². The highest BCUT2D eigenvalue weighted by atomic mass is 16.4. The molecule has 6 heteroatoms. The lowest BCUT2D eigenvalue weighted by Crippen LogP contribution is -2.60. The van der Waals surface area contributed by atoms with Crippen molar-refractivity contribution in [3.05, 3.63) is 50.9 Å². The molecule has 1 aliphatic carbocycles. The van der Waals surface area contributed by atoms with Gasteiger partial charge in [-0.15, -0.1) is 0 Å². The van der Waals surface area contributed by atoms with Crippen molar-refractivity contribution < 1.29 is 14.3 Å². The summed E-state index contributed by atoms with van der Waals surface area (Å²) >= 11 is 0. The zero-order valence-electron chi connectivity index (χ0n) is 20.2. The van der Waals surface area contributed by atoms with Crippen LogP contribution >= 0.6 is 0 Å². The van der Waals surface area contributed by atoms with Gasteiger partial charge >= 0.3 is 5.63 Å². The van der Waals surface area contributed by atoms with Crippen molar-refractivity contribution in [2.45, 2.75) is 70.9 Å². The van der Waals surface area contributed by atoms with E-state index in [0.29, 0.717) is 34.6 Å². The van der Waals surface area contributed by atoms with E-state index >= 15 is 0 Å². The zero-order chi connectivity index (χ0) is 23.6. The van der Waals surface area contributed by atoms with Gasteiger partial charge in [0, 0.05) is 30.1 Å². The van der Waals surface area contributed by atoms with Crippen molar-refractivity contribution in [2.24, 2.45) is 11.8 Å². The van der Waals surface area contributed by atoms with Crippen molar-refractivity contribution in [1.29, 1.82) is 0 Å². The van der Waals surface area contributed by atoms with Crippen LogP contribution in [0, 0.1) is 25.7 Å². The molecule has 0 spiro atoms. The summed E-state index contributed by atoms with van der Waals surface area (Å²) in [4.78, 5) is 31.4. The molecule has 4 atom stereocenters. The molecule has 34 heavy (non-hydrogen) atoms. The van der Waals surface area contributed by atoms with Crippen LogP contribution in [0.15, 0.2) is 33.0 Å². The lowest BCUT2D eigenvalue weighted by atomic mass is 9.68. The van der Waals surface area contributed by atoms with Crippen molar-refractivity contribution in [3.63, 3.8) is 0 Å². The van der Waals surface area contributed by atoms with Crippen LogP contribution in [0.1, 0.15) is 55.2 Å². The Morgan fingerprint density at radius 2 is 2.00 bits per heavy atom. The second kappa shape index (κ2) is 8.26. The number of benzene rings is 1. The molecule has 180 valence electrons. The number of nitrogens with zero attached hydrogens (tertiary/aromatic N) is 2. The first-order valence-corrected chi connectivity index (χ1v) is 12.9. The highest BCUT2D eigenvalue weighted by molar-refractivity contribution is 5.87. The Bertz CT molecular complexity index is 1250. The molecule has 2 aromatic rings. The molecule has 1 aromatic heterocycles. The van der Waals surface area contributed by atoms with Gasteiger partial charge in [0.2, 0.25) is 5.91 Å². The smallest absolute Gasteiger partial charge is 0.340 e. The fraction of sp³-hybridized carbons (Fsp3) is 0.571. The average molecular weight is 463 g/mol. The number of hydrogen-bond acceptors (Lipinski definition) is 5. The first kappa shape index (κ1) is 21.9. The Kier molecular flexibility index (Phi) is 5.32. The maximum absolute atomic E-state index is 13.7. The summed E-state index contributed by atoms with van der Waals surface area (Å²) in [6.07, 6.45) is 9.78. The van der Waals surface area contributed by atoms with Crippen LogP contribution < -0.4 is 5.63 Å². The van der Waals surface area contributed by atoms with Gasteiger partial charge in [-0.3, -0.25) is 9.69 Å². The minimum Gasteiger partial charge on any atom is -0.508 e. The highest BCUT2D eigenvalue weighted by Crippen LogP contribution is 2.45. The van der Waals surface area contributed by atoms with E-state index in [2.05, 4.69) is 15.9 Å². The fourth-order valence-electron chi connectivity index (χ4n) is 7.29. The Balaban J connectivity index is 1.31. The van der Waals surface area contributed by atoms with Gasteiger partial charge in [0.15, 0.2) is 0 Å². The van der Waals surface area contributed by atoms with Crippen LogP contribution in [0.4, 0.5) is 0 Å². The van der Waals surface area contributed by atoms with E-state index in [-0.39, 0.29) is 24.1 Å². The molecule has 0 saturated carbocycles. The van der Waals surface area contributed by atoms with Gasteiger partial charge in [0.05, 0.1) is 18.0 Å². The summed E-state index contributed by atoms with van der Waals surface area (Å²) in [6.45, 7) is 6.65. The molecule has 1 aromatic carbocycles. The number of carbonyl (C=O) groups is 1. The molecule has 6 rings (SSSR count).